The Morgan fingerprint density at radius 2 is 1.78 bits per heavy atom. The monoisotopic (exact) mass is 687 g/mol. The highest BCUT2D eigenvalue weighted by atomic mass is 16.6. The molecular formula is C41H57N3O6. The summed E-state index contributed by atoms with van der Waals surface area (Å²) < 4.78 is 29.8. The van der Waals surface area contributed by atoms with Crippen LogP contribution in [0.15, 0.2) is 66.7 Å². The van der Waals surface area contributed by atoms with Crippen molar-refractivity contribution in [2.24, 2.45) is 0 Å². The number of ether oxygens (including phenoxy) is 5. The SMILES string of the molecule is CNCCCN1CCCc2ccc(COC3CN(C(=O)OC(C)(C)C)CCC3c3ccc(OCCCOCc4ccccc4OC)cc3)cc21. The number of carbonyl (C=O) groups is 1. The number of nitrogens with zero attached hydrogens (tertiary/aromatic N) is 2. The van der Waals surface area contributed by atoms with Crippen LogP contribution in [0.1, 0.15) is 74.6 Å². The zero-order valence-corrected chi connectivity index (χ0v) is 30.7. The number of para-hydroxylation sites is 1. The quantitative estimate of drug-likeness (QED) is 0.157. The number of hydrogen-bond acceptors (Lipinski definition) is 8. The van der Waals surface area contributed by atoms with Crippen molar-refractivity contribution in [2.45, 2.75) is 83.7 Å². The average molecular weight is 688 g/mol. The maximum atomic E-state index is 13.1. The van der Waals surface area contributed by atoms with E-state index in [4.69, 9.17) is 23.7 Å². The van der Waals surface area contributed by atoms with Crippen LogP contribution in [0.25, 0.3) is 0 Å². The topological polar surface area (TPSA) is 81.7 Å². The number of anilines is 1. The van der Waals surface area contributed by atoms with Gasteiger partial charge in [-0.2, -0.15) is 0 Å². The summed E-state index contributed by atoms with van der Waals surface area (Å²) in [5.74, 6) is 1.81. The van der Waals surface area contributed by atoms with Gasteiger partial charge in [-0.25, -0.2) is 4.79 Å². The van der Waals surface area contributed by atoms with Crippen LogP contribution >= 0.6 is 0 Å². The minimum Gasteiger partial charge on any atom is -0.496 e. The zero-order chi connectivity index (χ0) is 35.3. The minimum atomic E-state index is -0.552. The Labute approximate surface area is 299 Å². The third-order valence-corrected chi connectivity index (χ3v) is 9.35. The summed E-state index contributed by atoms with van der Waals surface area (Å²) in [5, 5.41) is 3.27. The fourth-order valence-electron chi connectivity index (χ4n) is 6.79. The van der Waals surface area contributed by atoms with Gasteiger partial charge in [-0.05, 0) is 101 Å². The van der Waals surface area contributed by atoms with Crippen molar-refractivity contribution in [1.29, 1.82) is 0 Å². The van der Waals surface area contributed by atoms with Crippen LogP contribution in [0.5, 0.6) is 11.5 Å². The number of rotatable bonds is 16. The largest absolute Gasteiger partial charge is 0.496 e. The van der Waals surface area contributed by atoms with Gasteiger partial charge in [-0.15, -0.1) is 0 Å². The number of hydrogen-bond donors (Lipinski definition) is 1. The van der Waals surface area contributed by atoms with E-state index in [-0.39, 0.29) is 18.1 Å². The molecule has 3 aromatic rings. The Morgan fingerprint density at radius 1 is 0.960 bits per heavy atom. The molecule has 9 heteroatoms. The summed E-state index contributed by atoms with van der Waals surface area (Å²) in [6, 6.07) is 23.0. The van der Waals surface area contributed by atoms with Gasteiger partial charge in [0.2, 0.25) is 0 Å². The summed E-state index contributed by atoms with van der Waals surface area (Å²) in [6.45, 7) is 12.1. The smallest absolute Gasteiger partial charge is 0.410 e. The Morgan fingerprint density at radius 3 is 2.56 bits per heavy atom. The van der Waals surface area contributed by atoms with Crippen LogP contribution < -0.4 is 19.7 Å². The summed E-state index contributed by atoms with van der Waals surface area (Å²) in [6.07, 6.45) is 4.53. The van der Waals surface area contributed by atoms with E-state index in [0.717, 1.165) is 67.9 Å². The molecule has 0 aromatic heterocycles. The normalized spacial score (nSPS) is 17.7. The predicted molar refractivity (Wildman–Crippen MR) is 198 cm³/mol. The summed E-state index contributed by atoms with van der Waals surface area (Å²) in [4.78, 5) is 17.4. The van der Waals surface area contributed by atoms with E-state index in [1.54, 1.807) is 12.0 Å². The molecule has 5 rings (SSSR count). The lowest BCUT2D eigenvalue weighted by atomic mass is 9.87. The number of fused-ring (bicyclic) bond motifs is 1. The molecule has 2 heterocycles. The van der Waals surface area contributed by atoms with Crippen LogP contribution in [0.2, 0.25) is 0 Å². The molecule has 2 unspecified atom stereocenters. The van der Waals surface area contributed by atoms with Crippen LogP contribution in [0.4, 0.5) is 10.5 Å². The summed E-state index contributed by atoms with van der Waals surface area (Å²) in [5.41, 5.74) is 5.59. The number of nitrogens with one attached hydrogen (secondary N) is 1. The van der Waals surface area contributed by atoms with E-state index in [1.807, 2.05) is 64.2 Å². The molecule has 0 radical (unpaired) electrons. The van der Waals surface area contributed by atoms with Crippen LogP contribution in [-0.2, 0) is 33.8 Å². The van der Waals surface area contributed by atoms with Gasteiger partial charge >= 0.3 is 6.09 Å². The van der Waals surface area contributed by atoms with Gasteiger partial charge in [0.15, 0.2) is 0 Å². The molecule has 9 nitrogen and oxygen atoms in total. The van der Waals surface area contributed by atoms with Crippen LogP contribution in [0, 0.1) is 0 Å². The summed E-state index contributed by atoms with van der Waals surface area (Å²) in [7, 11) is 3.68. The average Bonchev–Trinajstić information content (AvgIpc) is 3.12. The Bertz CT molecular complexity index is 1490. The highest BCUT2D eigenvalue weighted by Gasteiger charge is 2.35. The first-order valence-electron chi connectivity index (χ1n) is 18.3. The van der Waals surface area contributed by atoms with E-state index in [2.05, 4.69) is 40.5 Å². The third kappa shape index (κ3) is 10.9. The minimum absolute atomic E-state index is 0.141. The van der Waals surface area contributed by atoms with Gasteiger partial charge < -0.3 is 38.8 Å². The first-order chi connectivity index (χ1) is 24.2. The van der Waals surface area contributed by atoms with Crippen LogP contribution in [-0.4, -0.2) is 82.8 Å². The molecule has 272 valence electrons. The van der Waals surface area contributed by atoms with Crippen molar-refractivity contribution >= 4 is 11.8 Å². The molecule has 2 aliphatic heterocycles. The highest BCUT2D eigenvalue weighted by Crippen LogP contribution is 2.34. The maximum absolute atomic E-state index is 13.1. The van der Waals surface area contributed by atoms with E-state index in [1.165, 1.54) is 23.2 Å². The molecule has 1 fully saturated rings. The zero-order valence-electron chi connectivity index (χ0n) is 30.7. The molecule has 2 aliphatic rings. The first-order valence-corrected chi connectivity index (χ1v) is 18.3. The predicted octanol–water partition coefficient (Wildman–Crippen LogP) is 7.35. The third-order valence-electron chi connectivity index (χ3n) is 9.35. The Hall–Kier alpha value is -3.79. The van der Waals surface area contributed by atoms with Gasteiger partial charge in [-0.1, -0.05) is 42.5 Å². The van der Waals surface area contributed by atoms with Crippen molar-refractivity contribution < 1.29 is 28.5 Å². The van der Waals surface area contributed by atoms with Gasteiger partial charge in [0.05, 0.1) is 46.2 Å². The standard InChI is InChI=1S/C41H57N3O6/c1-41(2,3)50-40(45)44-24-20-36(32-16-18-35(19-17-32)48-26-10-25-47-30-34-11-6-7-13-38(34)46-5)39(28-44)49-29-31-14-15-33-12-8-22-43(37(33)27-31)23-9-21-42-4/h6-7,11,13-19,27,36,39,42H,8-10,12,20-26,28-30H2,1-5H3. The fraction of sp³-hybridized carbons (Fsp3) is 0.537. The van der Waals surface area contributed by atoms with E-state index < -0.39 is 5.60 Å². The van der Waals surface area contributed by atoms with Crippen molar-refractivity contribution in [3.63, 3.8) is 0 Å². The van der Waals surface area contributed by atoms with Crippen molar-refractivity contribution in [3.8, 4) is 11.5 Å². The molecule has 0 saturated carbocycles. The second-order valence-corrected chi connectivity index (χ2v) is 14.3. The molecular weight excluding hydrogens is 630 g/mol. The van der Waals surface area contributed by atoms with Crippen LogP contribution in [0.3, 0.4) is 0 Å². The number of piperidine rings is 1. The van der Waals surface area contributed by atoms with Gasteiger partial charge in [0.1, 0.15) is 17.1 Å². The molecule has 1 saturated heterocycles. The number of methoxy groups -OCH3 is 1. The van der Waals surface area contributed by atoms with E-state index in [0.29, 0.717) is 39.5 Å². The van der Waals surface area contributed by atoms with Crippen molar-refractivity contribution in [3.05, 3.63) is 89.0 Å². The maximum Gasteiger partial charge on any atom is 0.410 e. The first kappa shape index (κ1) is 37.5. The van der Waals surface area contributed by atoms with Gasteiger partial charge in [0, 0.05) is 43.2 Å². The van der Waals surface area contributed by atoms with Crippen molar-refractivity contribution in [1.82, 2.24) is 10.2 Å². The van der Waals surface area contributed by atoms with Crippen molar-refractivity contribution in [2.75, 3.05) is 65.0 Å². The molecule has 0 aliphatic carbocycles. The summed E-state index contributed by atoms with van der Waals surface area (Å²) >= 11 is 0. The second-order valence-electron chi connectivity index (χ2n) is 14.3. The van der Waals surface area contributed by atoms with Gasteiger partial charge in [0.25, 0.3) is 0 Å². The Kier molecular flexibility index (Phi) is 13.8. The molecule has 1 amide bonds. The number of amides is 1. The fourth-order valence-corrected chi connectivity index (χ4v) is 6.79. The highest BCUT2D eigenvalue weighted by molar-refractivity contribution is 5.68. The lowest BCUT2D eigenvalue weighted by Gasteiger charge is -2.39. The van der Waals surface area contributed by atoms with Gasteiger partial charge in [-0.3, -0.25) is 0 Å². The lowest BCUT2D eigenvalue weighted by Crippen LogP contribution is -2.48. The molecule has 0 bridgehead atoms. The number of benzene rings is 3. The lowest BCUT2D eigenvalue weighted by molar-refractivity contribution is -0.0359. The number of carbonyl (C=O) groups excluding carboxylic acids is 1. The number of likely N-dealkylation sites (tertiary alicyclic amines) is 1. The molecule has 2 atom stereocenters. The molecule has 50 heavy (non-hydrogen) atoms. The number of aryl methyl sites for hydroxylation is 1. The Balaban J connectivity index is 1.19. The molecule has 1 N–H and O–H groups in total. The second kappa shape index (κ2) is 18.4. The van der Waals surface area contributed by atoms with E-state index in [9.17, 15) is 4.79 Å². The molecule has 0 spiro atoms. The molecule has 3 aromatic carbocycles. The van der Waals surface area contributed by atoms with E-state index >= 15 is 0 Å².